The summed E-state index contributed by atoms with van der Waals surface area (Å²) < 4.78 is 14.9. The van der Waals surface area contributed by atoms with E-state index in [0.717, 1.165) is 12.0 Å². The van der Waals surface area contributed by atoms with Crippen molar-refractivity contribution >= 4 is 11.6 Å². The number of carbonyl (C=O) groups is 1. The van der Waals surface area contributed by atoms with E-state index in [1.54, 1.807) is 23.1 Å². The highest BCUT2D eigenvalue weighted by atomic mass is 19.1. The van der Waals surface area contributed by atoms with Gasteiger partial charge in [0.25, 0.3) is 0 Å². The van der Waals surface area contributed by atoms with E-state index in [0.29, 0.717) is 18.2 Å². The molecule has 4 nitrogen and oxygen atoms in total. The first-order chi connectivity index (χ1) is 12.2. The predicted molar refractivity (Wildman–Crippen MR) is 93.6 cm³/mol. The minimum atomic E-state index is -0.265. The fraction of sp³-hybridized carbons (Fsp3) is 0.200. The third kappa shape index (κ3) is 3.60. The minimum Gasteiger partial charge on any atom is -0.323 e. The van der Waals surface area contributed by atoms with E-state index < -0.39 is 0 Å². The van der Waals surface area contributed by atoms with E-state index in [9.17, 15) is 9.18 Å². The van der Waals surface area contributed by atoms with Crippen LogP contribution in [0.5, 0.6) is 0 Å². The molecule has 4 rings (SSSR count). The number of nitrogens with one attached hydrogen (secondary N) is 1. The molecular weight excluding hydrogens is 317 g/mol. The Morgan fingerprint density at radius 2 is 2.04 bits per heavy atom. The lowest BCUT2D eigenvalue weighted by Crippen LogP contribution is -2.14. The number of aromatic nitrogens is 2. The second-order valence-electron chi connectivity index (χ2n) is 6.41. The van der Waals surface area contributed by atoms with Gasteiger partial charge in [-0.25, -0.2) is 4.39 Å². The number of carbonyl (C=O) groups excluding carboxylic acids is 1. The van der Waals surface area contributed by atoms with Crippen LogP contribution < -0.4 is 5.32 Å². The van der Waals surface area contributed by atoms with Gasteiger partial charge in [-0.3, -0.25) is 9.48 Å². The molecule has 0 saturated heterocycles. The molecule has 2 aromatic carbocycles. The lowest BCUT2D eigenvalue weighted by atomic mass is 10.1. The summed E-state index contributed by atoms with van der Waals surface area (Å²) in [4.78, 5) is 12.4. The van der Waals surface area contributed by atoms with Crippen molar-refractivity contribution in [2.45, 2.75) is 18.9 Å². The van der Waals surface area contributed by atoms with Crippen LogP contribution >= 0.6 is 0 Å². The maximum absolute atomic E-state index is 13.2. The first-order valence-electron chi connectivity index (χ1n) is 8.32. The molecule has 0 bridgehead atoms. The van der Waals surface area contributed by atoms with Gasteiger partial charge < -0.3 is 5.32 Å². The molecule has 1 aliphatic rings. The molecule has 0 radical (unpaired) electrons. The minimum absolute atomic E-state index is 0.0222. The summed E-state index contributed by atoms with van der Waals surface area (Å²) in [5.74, 6) is 0.0931. The molecule has 1 saturated carbocycles. The van der Waals surface area contributed by atoms with Gasteiger partial charge in [0.1, 0.15) is 5.82 Å². The Morgan fingerprint density at radius 1 is 1.20 bits per heavy atom. The van der Waals surface area contributed by atoms with Gasteiger partial charge in [-0.05, 0) is 35.6 Å². The number of halogens is 1. The first-order valence-corrected chi connectivity index (χ1v) is 8.32. The normalized spacial score (nSPS) is 18.8. The quantitative estimate of drug-likeness (QED) is 0.771. The highest BCUT2D eigenvalue weighted by Gasteiger charge is 2.43. The third-order valence-electron chi connectivity index (χ3n) is 4.49. The van der Waals surface area contributed by atoms with Crippen LogP contribution in [0, 0.1) is 11.7 Å². The molecule has 1 fully saturated rings. The van der Waals surface area contributed by atoms with Crippen LogP contribution in [-0.2, 0) is 11.3 Å². The molecule has 2 atom stereocenters. The summed E-state index contributed by atoms with van der Waals surface area (Å²) in [6.45, 7) is 0.462. The smallest absolute Gasteiger partial charge is 0.228 e. The summed E-state index contributed by atoms with van der Waals surface area (Å²) in [7, 11) is 0. The number of benzene rings is 2. The Morgan fingerprint density at radius 3 is 2.84 bits per heavy atom. The Balaban J connectivity index is 1.36. The number of hydrogen-bond acceptors (Lipinski definition) is 2. The molecule has 1 amide bonds. The standard InChI is InChI=1S/C20H18FN3O/c21-16-8-4-5-14(9-16)12-24-13-17(11-22-24)23-20(25)19-10-18(19)15-6-2-1-3-7-15/h1-9,11,13,18-19H,10,12H2,(H,23,25). The Hall–Kier alpha value is -2.95. The molecule has 0 aliphatic heterocycles. The van der Waals surface area contributed by atoms with Gasteiger partial charge in [0, 0.05) is 12.1 Å². The molecule has 5 heteroatoms. The van der Waals surface area contributed by atoms with Gasteiger partial charge in [-0.15, -0.1) is 0 Å². The Labute approximate surface area is 145 Å². The third-order valence-corrected chi connectivity index (χ3v) is 4.49. The summed E-state index contributed by atoms with van der Waals surface area (Å²) in [5.41, 5.74) is 2.71. The van der Waals surface area contributed by atoms with Crippen LogP contribution in [-0.4, -0.2) is 15.7 Å². The molecule has 25 heavy (non-hydrogen) atoms. The number of nitrogens with zero attached hydrogens (tertiary/aromatic N) is 2. The topological polar surface area (TPSA) is 46.9 Å². The molecule has 1 N–H and O–H groups in total. The van der Waals surface area contributed by atoms with Crippen molar-refractivity contribution in [3.63, 3.8) is 0 Å². The van der Waals surface area contributed by atoms with Crippen LogP contribution in [0.25, 0.3) is 0 Å². The molecule has 126 valence electrons. The highest BCUT2D eigenvalue weighted by Crippen LogP contribution is 2.47. The predicted octanol–water partition coefficient (Wildman–Crippen LogP) is 3.81. The summed E-state index contributed by atoms with van der Waals surface area (Å²) >= 11 is 0. The van der Waals surface area contributed by atoms with Crippen LogP contribution in [0.1, 0.15) is 23.5 Å². The number of rotatable bonds is 5. The van der Waals surface area contributed by atoms with E-state index in [1.807, 2.05) is 24.3 Å². The first kappa shape index (κ1) is 15.6. The summed E-state index contributed by atoms with van der Waals surface area (Å²) in [6, 6.07) is 16.5. The van der Waals surface area contributed by atoms with E-state index in [2.05, 4.69) is 22.5 Å². The molecule has 2 unspecified atom stereocenters. The van der Waals surface area contributed by atoms with Crippen molar-refractivity contribution in [3.05, 3.63) is 83.9 Å². The second-order valence-corrected chi connectivity index (χ2v) is 6.41. The van der Waals surface area contributed by atoms with Crippen LogP contribution in [0.3, 0.4) is 0 Å². The van der Waals surface area contributed by atoms with Gasteiger partial charge in [-0.1, -0.05) is 42.5 Å². The van der Waals surface area contributed by atoms with Crippen molar-refractivity contribution in [1.29, 1.82) is 0 Å². The van der Waals surface area contributed by atoms with E-state index in [4.69, 9.17) is 0 Å². The second kappa shape index (κ2) is 6.51. The van der Waals surface area contributed by atoms with E-state index in [-0.39, 0.29) is 17.6 Å². The van der Waals surface area contributed by atoms with Crippen molar-refractivity contribution in [2.24, 2.45) is 5.92 Å². The molecular formula is C20H18FN3O. The summed E-state index contributed by atoms with van der Waals surface area (Å²) in [6.07, 6.45) is 4.27. The van der Waals surface area contributed by atoms with Gasteiger partial charge in [0.15, 0.2) is 0 Å². The van der Waals surface area contributed by atoms with Crippen LogP contribution in [0.15, 0.2) is 67.0 Å². The van der Waals surface area contributed by atoms with Crippen molar-refractivity contribution < 1.29 is 9.18 Å². The monoisotopic (exact) mass is 335 g/mol. The highest BCUT2D eigenvalue weighted by molar-refractivity contribution is 5.95. The Kier molecular flexibility index (Phi) is 4.06. The zero-order chi connectivity index (χ0) is 17.2. The largest absolute Gasteiger partial charge is 0.323 e. The van der Waals surface area contributed by atoms with E-state index >= 15 is 0 Å². The maximum Gasteiger partial charge on any atom is 0.228 e. The van der Waals surface area contributed by atoms with Crippen molar-refractivity contribution in [3.8, 4) is 0 Å². The van der Waals surface area contributed by atoms with Gasteiger partial charge >= 0.3 is 0 Å². The SMILES string of the molecule is O=C(Nc1cnn(Cc2cccc(F)c2)c1)C1CC1c1ccccc1. The number of amides is 1. The number of anilines is 1. The van der Waals surface area contributed by atoms with Gasteiger partial charge in [-0.2, -0.15) is 5.10 Å². The van der Waals surface area contributed by atoms with Crippen LogP contribution in [0.2, 0.25) is 0 Å². The molecule has 3 aromatic rings. The summed E-state index contributed by atoms with van der Waals surface area (Å²) in [5, 5.41) is 7.16. The molecule has 1 heterocycles. The van der Waals surface area contributed by atoms with Crippen molar-refractivity contribution in [2.75, 3.05) is 5.32 Å². The van der Waals surface area contributed by atoms with E-state index in [1.165, 1.54) is 17.7 Å². The van der Waals surface area contributed by atoms with Gasteiger partial charge in [0.05, 0.1) is 18.4 Å². The average Bonchev–Trinajstić information content (AvgIpc) is 3.31. The zero-order valence-electron chi connectivity index (χ0n) is 13.6. The zero-order valence-corrected chi connectivity index (χ0v) is 13.6. The lowest BCUT2D eigenvalue weighted by Gasteiger charge is -2.03. The molecule has 1 aromatic heterocycles. The number of hydrogen-bond donors (Lipinski definition) is 1. The average molecular weight is 335 g/mol. The van der Waals surface area contributed by atoms with Gasteiger partial charge in [0.2, 0.25) is 5.91 Å². The lowest BCUT2D eigenvalue weighted by molar-refractivity contribution is -0.117. The molecule has 1 aliphatic carbocycles. The van der Waals surface area contributed by atoms with Crippen molar-refractivity contribution in [1.82, 2.24) is 9.78 Å². The molecule has 0 spiro atoms. The fourth-order valence-electron chi connectivity index (χ4n) is 3.13. The fourth-order valence-corrected chi connectivity index (χ4v) is 3.13. The Bertz CT molecular complexity index is 891. The maximum atomic E-state index is 13.2. The van der Waals surface area contributed by atoms with Crippen LogP contribution in [0.4, 0.5) is 10.1 Å².